The molecule has 186 valence electrons. The van der Waals surface area contributed by atoms with Crippen LogP contribution in [0.1, 0.15) is 54.4 Å². The second kappa shape index (κ2) is 9.52. The van der Waals surface area contributed by atoms with Crippen LogP contribution in [0.4, 0.5) is 4.79 Å². The van der Waals surface area contributed by atoms with Crippen LogP contribution in [0.25, 0.3) is 0 Å². The molecule has 2 unspecified atom stereocenters. The van der Waals surface area contributed by atoms with Gasteiger partial charge >= 0.3 is 6.03 Å². The quantitative estimate of drug-likeness (QED) is 0.362. The Labute approximate surface area is 201 Å². The number of carbonyl (C=O) groups excluding carboxylic acids is 5. The van der Waals surface area contributed by atoms with Crippen LogP contribution in [0.5, 0.6) is 0 Å². The van der Waals surface area contributed by atoms with Crippen LogP contribution in [0.3, 0.4) is 0 Å². The minimum atomic E-state index is -0.935. The van der Waals surface area contributed by atoms with Gasteiger partial charge in [0.1, 0.15) is 17.6 Å². The van der Waals surface area contributed by atoms with Gasteiger partial charge in [-0.2, -0.15) is 12.6 Å². The van der Waals surface area contributed by atoms with Gasteiger partial charge in [-0.25, -0.2) is 4.79 Å². The SMILES string of the molecule is CNC(=O)[C@@H](N1C(=O)C(NC(=O)[C@@H](S)CCN2C(=O)N(C)C(C)(C)C2=O)CC1C)C(C)(C)C. The monoisotopic (exact) mass is 483 g/mol. The van der Waals surface area contributed by atoms with Crippen LogP contribution in [0, 0.1) is 5.41 Å². The number of likely N-dealkylation sites (N-methyl/N-ethyl adjacent to an activating group) is 2. The molecule has 6 amide bonds. The lowest BCUT2D eigenvalue weighted by Crippen LogP contribution is -2.57. The Hall–Kier alpha value is -2.30. The maximum absolute atomic E-state index is 13.1. The molecule has 10 nitrogen and oxygen atoms in total. The van der Waals surface area contributed by atoms with Gasteiger partial charge in [0.15, 0.2) is 0 Å². The van der Waals surface area contributed by atoms with E-state index in [2.05, 4.69) is 23.3 Å². The fourth-order valence-corrected chi connectivity index (χ4v) is 4.55. The van der Waals surface area contributed by atoms with E-state index in [1.807, 2.05) is 27.7 Å². The van der Waals surface area contributed by atoms with Crippen molar-refractivity contribution in [3.63, 3.8) is 0 Å². The van der Waals surface area contributed by atoms with E-state index in [-0.39, 0.29) is 36.7 Å². The molecule has 33 heavy (non-hydrogen) atoms. The molecule has 2 N–H and O–H groups in total. The molecule has 0 spiro atoms. The van der Waals surface area contributed by atoms with Gasteiger partial charge in [0.25, 0.3) is 5.91 Å². The maximum Gasteiger partial charge on any atom is 0.327 e. The largest absolute Gasteiger partial charge is 0.357 e. The van der Waals surface area contributed by atoms with E-state index in [0.29, 0.717) is 6.42 Å². The molecule has 2 aliphatic rings. The van der Waals surface area contributed by atoms with Crippen molar-refractivity contribution in [2.24, 2.45) is 5.41 Å². The number of carbonyl (C=O) groups is 5. The molecular weight excluding hydrogens is 446 g/mol. The van der Waals surface area contributed by atoms with Gasteiger partial charge in [-0.15, -0.1) is 0 Å². The number of hydrogen-bond donors (Lipinski definition) is 3. The normalized spacial score (nSPS) is 24.9. The van der Waals surface area contributed by atoms with E-state index < -0.39 is 40.2 Å². The number of imide groups is 1. The summed E-state index contributed by atoms with van der Waals surface area (Å²) < 4.78 is 0. The van der Waals surface area contributed by atoms with Crippen molar-refractivity contribution >= 4 is 42.3 Å². The Morgan fingerprint density at radius 1 is 1.18 bits per heavy atom. The number of likely N-dealkylation sites (tertiary alicyclic amines) is 1. The van der Waals surface area contributed by atoms with E-state index in [9.17, 15) is 24.0 Å². The van der Waals surface area contributed by atoms with Crippen molar-refractivity contribution in [3.8, 4) is 0 Å². The van der Waals surface area contributed by atoms with Gasteiger partial charge in [-0.05, 0) is 39.0 Å². The van der Waals surface area contributed by atoms with Crippen LogP contribution in [-0.4, -0.2) is 93.9 Å². The van der Waals surface area contributed by atoms with Crippen LogP contribution in [0.2, 0.25) is 0 Å². The van der Waals surface area contributed by atoms with Crippen molar-refractivity contribution in [1.82, 2.24) is 25.3 Å². The Morgan fingerprint density at radius 2 is 1.76 bits per heavy atom. The van der Waals surface area contributed by atoms with Gasteiger partial charge in [0.2, 0.25) is 17.7 Å². The molecule has 11 heteroatoms. The standard InChI is InChI=1S/C22H37N5O5S/c1-12-11-13(18(30)27(12)15(17(29)23-7)21(2,3)4)24-16(28)14(33)9-10-26-19(31)22(5,6)25(8)20(26)32/h12-15,33H,9-11H2,1-8H3,(H,23,29)(H,24,28)/t12?,13?,14-,15+/m0/s1. The number of nitrogens with zero attached hydrogens (tertiary/aromatic N) is 3. The maximum atomic E-state index is 13.1. The minimum absolute atomic E-state index is 0.0525. The molecule has 0 aromatic heterocycles. The van der Waals surface area contributed by atoms with Crippen molar-refractivity contribution < 1.29 is 24.0 Å². The smallest absolute Gasteiger partial charge is 0.327 e. The number of rotatable bonds is 7. The first-order valence-electron chi connectivity index (χ1n) is 11.2. The Balaban J connectivity index is 2.03. The first kappa shape index (κ1) is 26.9. The second-order valence-electron chi connectivity index (χ2n) is 10.4. The summed E-state index contributed by atoms with van der Waals surface area (Å²) in [6, 6.07) is -2.09. The fourth-order valence-electron chi connectivity index (χ4n) is 4.36. The van der Waals surface area contributed by atoms with Crippen molar-refractivity contribution in [2.45, 2.75) is 83.3 Å². The Kier molecular flexibility index (Phi) is 7.77. The van der Waals surface area contributed by atoms with Gasteiger partial charge in [-0.3, -0.25) is 24.1 Å². The number of amides is 6. The summed E-state index contributed by atoms with van der Waals surface area (Å²) >= 11 is 4.34. The summed E-state index contributed by atoms with van der Waals surface area (Å²) in [5, 5.41) is 4.55. The van der Waals surface area contributed by atoms with E-state index in [1.54, 1.807) is 25.8 Å². The fraction of sp³-hybridized carbons (Fsp3) is 0.773. The Bertz CT molecular complexity index is 840. The van der Waals surface area contributed by atoms with E-state index in [0.717, 1.165) is 4.90 Å². The van der Waals surface area contributed by atoms with E-state index in [1.165, 1.54) is 11.9 Å². The topological polar surface area (TPSA) is 119 Å². The zero-order chi connectivity index (χ0) is 25.5. The number of hydrogen-bond acceptors (Lipinski definition) is 6. The highest BCUT2D eigenvalue weighted by atomic mass is 32.1. The number of urea groups is 1. The van der Waals surface area contributed by atoms with Crippen molar-refractivity contribution in [1.29, 1.82) is 0 Å². The highest BCUT2D eigenvalue weighted by Crippen LogP contribution is 2.32. The van der Waals surface area contributed by atoms with Gasteiger partial charge < -0.3 is 20.4 Å². The van der Waals surface area contributed by atoms with Gasteiger partial charge in [-0.1, -0.05) is 20.8 Å². The second-order valence-corrected chi connectivity index (χ2v) is 11.1. The van der Waals surface area contributed by atoms with Crippen molar-refractivity contribution in [3.05, 3.63) is 0 Å². The summed E-state index contributed by atoms with van der Waals surface area (Å²) in [6.45, 7) is 10.9. The summed E-state index contributed by atoms with van der Waals surface area (Å²) in [4.78, 5) is 67.3. The Morgan fingerprint density at radius 3 is 2.21 bits per heavy atom. The molecule has 2 aliphatic heterocycles. The molecule has 4 atom stereocenters. The van der Waals surface area contributed by atoms with Crippen molar-refractivity contribution in [2.75, 3.05) is 20.6 Å². The average Bonchev–Trinajstić information content (AvgIpc) is 3.05. The van der Waals surface area contributed by atoms with E-state index >= 15 is 0 Å². The minimum Gasteiger partial charge on any atom is -0.357 e. The molecule has 0 aromatic carbocycles. The third kappa shape index (κ3) is 5.12. The molecule has 0 saturated carbocycles. The lowest BCUT2D eigenvalue weighted by molar-refractivity contribution is -0.144. The molecule has 0 bridgehead atoms. The molecule has 2 rings (SSSR count). The molecule has 2 heterocycles. The van der Waals surface area contributed by atoms with E-state index in [4.69, 9.17) is 0 Å². The van der Waals surface area contributed by atoms with Crippen LogP contribution >= 0.6 is 12.6 Å². The zero-order valence-corrected chi connectivity index (χ0v) is 21.7. The number of thiol groups is 1. The molecule has 2 fully saturated rings. The first-order valence-corrected chi connectivity index (χ1v) is 11.7. The summed E-state index contributed by atoms with van der Waals surface area (Å²) in [7, 11) is 3.10. The third-order valence-corrected chi connectivity index (χ3v) is 7.06. The molecule has 0 aromatic rings. The molecule has 0 radical (unpaired) electrons. The van der Waals surface area contributed by atoms with Gasteiger partial charge in [0, 0.05) is 26.7 Å². The molecular formula is C22H37N5O5S. The zero-order valence-electron chi connectivity index (χ0n) is 20.8. The first-order chi connectivity index (χ1) is 15.0. The van der Waals surface area contributed by atoms with Crippen LogP contribution in [0.15, 0.2) is 0 Å². The summed E-state index contributed by atoms with van der Waals surface area (Å²) in [5.41, 5.74) is -1.43. The predicted octanol–water partition coefficient (Wildman–Crippen LogP) is 0.614. The predicted molar refractivity (Wildman–Crippen MR) is 127 cm³/mol. The lowest BCUT2D eigenvalue weighted by atomic mass is 9.84. The molecule has 2 saturated heterocycles. The third-order valence-electron chi connectivity index (χ3n) is 6.57. The molecule has 0 aliphatic carbocycles. The average molecular weight is 484 g/mol. The summed E-state index contributed by atoms with van der Waals surface area (Å²) in [5.74, 6) is -1.35. The van der Waals surface area contributed by atoms with Gasteiger partial charge in [0.05, 0.1) is 5.25 Å². The van der Waals surface area contributed by atoms with Crippen LogP contribution < -0.4 is 10.6 Å². The van der Waals surface area contributed by atoms with Crippen LogP contribution in [-0.2, 0) is 19.2 Å². The lowest BCUT2D eigenvalue weighted by Gasteiger charge is -2.38. The summed E-state index contributed by atoms with van der Waals surface area (Å²) in [6.07, 6.45) is 0.524. The highest BCUT2D eigenvalue weighted by Gasteiger charge is 2.50. The number of nitrogens with one attached hydrogen (secondary N) is 2. The highest BCUT2D eigenvalue weighted by molar-refractivity contribution is 7.81.